The number of pyridine rings is 1. The molecular formula is C28H31F4N3O3. The third-order valence-electron chi connectivity index (χ3n) is 7.51. The molecule has 1 fully saturated rings. The number of likely N-dealkylation sites (tertiary alicyclic amines) is 1. The molecule has 1 saturated heterocycles. The molecule has 0 bridgehead atoms. The summed E-state index contributed by atoms with van der Waals surface area (Å²) in [6.07, 6.45) is 1.24. The second-order valence-electron chi connectivity index (χ2n) is 9.85. The van der Waals surface area contributed by atoms with Crippen LogP contribution >= 0.6 is 0 Å². The van der Waals surface area contributed by atoms with Gasteiger partial charge in [0.1, 0.15) is 11.9 Å². The summed E-state index contributed by atoms with van der Waals surface area (Å²) in [5.41, 5.74) is 0.947. The highest BCUT2D eigenvalue weighted by molar-refractivity contribution is 5.85. The average molecular weight is 534 g/mol. The number of anilines is 1. The van der Waals surface area contributed by atoms with Crippen molar-refractivity contribution in [2.75, 3.05) is 38.6 Å². The number of benzene rings is 2. The molecule has 0 spiro atoms. The largest absolute Gasteiger partial charge is 0.497 e. The first-order chi connectivity index (χ1) is 18.1. The van der Waals surface area contributed by atoms with E-state index in [9.17, 15) is 23.1 Å². The number of methoxy groups -OCH3 is 1. The quantitative estimate of drug-likeness (QED) is 0.245. The van der Waals surface area contributed by atoms with Crippen LogP contribution in [0.15, 0.2) is 36.5 Å². The molecule has 0 aliphatic carbocycles. The lowest BCUT2D eigenvalue weighted by Gasteiger charge is -2.39. The number of aromatic nitrogens is 1. The number of nitrogens with zero attached hydrogens (tertiary/aromatic N) is 2. The van der Waals surface area contributed by atoms with Crippen LogP contribution in [0.2, 0.25) is 0 Å². The van der Waals surface area contributed by atoms with Gasteiger partial charge in [-0.25, -0.2) is 17.6 Å². The normalized spacial score (nSPS) is 16.4. The minimum Gasteiger partial charge on any atom is -0.497 e. The molecule has 2 heterocycles. The van der Waals surface area contributed by atoms with E-state index in [-0.39, 0.29) is 18.5 Å². The Bertz CT molecular complexity index is 1290. The summed E-state index contributed by atoms with van der Waals surface area (Å²) in [5, 5.41) is 13.6. The molecule has 38 heavy (non-hydrogen) atoms. The van der Waals surface area contributed by atoms with E-state index in [0.717, 1.165) is 12.1 Å². The van der Waals surface area contributed by atoms with Gasteiger partial charge in [0.2, 0.25) is 0 Å². The van der Waals surface area contributed by atoms with Crippen LogP contribution in [0.5, 0.6) is 5.75 Å². The molecule has 0 radical (unpaired) electrons. The highest BCUT2D eigenvalue weighted by Gasteiger charge is 2.41. The van der Waals surface area contributed by atoms with E-state index in [2.05, 4.69) is 10.3 Å². The van der Waals surface area contributed by atoms with Crippen LogP contribution in [0.25, 0.3) is 10.9 Å². The number of aliphatic carboxylic acids is 1. The van der Waals surface area contributed by atoms with Crippen molar-refractivity contribution >= 4 is 22.6 Å². The van der Waals surface area contributed by atoms with Crippen molar-refractivity contribution in [3.63, 3.8) is 0 Å². The van der Waals surface area contributed by atoms with Crippen molar-refractivity contribution in [1.29, 1.82) is 0 Å². The van der Waals surface area contributed by atoms with Crippen molar-refractivity contribution in [3.8, 4) is 5.75 Å². The number of carbonyl (C=O) groups is 1. The smallest absolute Gasteiger partial charge is 0.309 e. The van der Waals surface area contributed by atoms with E-state index in [1.165, 1.54) is 0 Å². The lowest BCUT2D eigenvalue weighted by atomic mass is 9.74. The number of fused-ring (bicyclic) bond motifs is 1. The number of nitrogens with one attached hydrogen (secondary N) is 1. The third-order valence-corrected chi connectivity index (χ3v) is 7.51. The monoisotopic (exact) mass is 533 g/mol. The summed E-state index contributed by atoms with van der Waals surface area (Å²) in [5.74, 6) is -4.39. The Kier molecular flexibility index (Phi) is 8.40. The predicted molar refractivity (Wildman–Crippen MR) is 137 cm³/mol. The van der Waals surface area contributed by atoms with Gasteiger partial charge in [-0.2, -0.15) is 0 Å². The van der Waals surface area contributed by atoms with Gasteiger partial charge in [-0.15, -0.1) is 0 Å². The van der Waals surface area contributed by atoms with Crippen LogP contribution in [-0.2, 0) is 4.79 Å². The maximum Gasteiger partial charge on any atom is 0.309 e. The van der Waals surface area contributed by atoms with E-state index in [1.807, 2.05) is 4.90 Å². The molecular weight excluding hydrogens is 502 g/mol. The fourth-order valence-electron chi connectivity index (χ4n) is 5.17. The third kappa shape index (κ3) is 5.85. The second-order valence-corrected chi connectivity index (χ2v) is 9.85. The maximum absolute atomic E-state index is 15.7. The van der Waals surface area contributed by atoms with Crippen LogP contribution in [0.4, 0.5) is 23.2 Å². The lowest BCUT2D eigenvalue weighted by molar-refractivity contribution is -0.153. The van der Waals surface area contributed by atoms with E-state index in [4.69, 9.17) is 4.74 Å². The van der Waals surface area contributed by atoms with Crippen LogP contribution in [0.1, 0.15) is 43.0 Å². The van der Waals surface area contributed by atoms with Crippen molar-refractivity contribution in [3.05, 3.63) is 65.1 Å². The number of hydrogen-bond donors (Lipinski definition) is 2. The molecule has 10 heteroatoms. The van der Waals surface area contributed by atoms with E-state index in [0.29, 0.717) is 66.8 Å². The van der Waals surface area contributed by atoms with Crippen molar-refractivity contribution in [2.24, 2.45) is 5.41 Å². The highest BCUT2D eigenvalue weighted by Crippen LogP contribution is 2.41. The predicted octanol–water partition coefficient (Wildman–Crippen LogP) is 6.04. The lowest BCUT2D eigenvalue weighted by Crippen LogP contribution is -2.45. The summed E-state index contributed by atoms with van der Waals surface area (Å²) >= 11 is 0. The Hall–Kier alpha value is -3.40. The zero-order valence-corrected chi connectivity index (χ0v) is 21.4. The van der Waals surface area contributed by atoms with Crippen LogP contribution in [-0.4, -0.2) is 54.2 Å². The van der Waals surface area contributed by atoms with Crippen molar-refractivity contribution in [2.45, 2.75) is 38.8 Å². The van der Waals surface area contributed by atoms with Gasteiger partial charge in [-0.05, 0) is 75.0 Å². The molecule has 1 aromatic heterocycles. The van der Waals surface area contributed by atoms with Crippen LogP contribution in [0, 0.1) is 29.8 Å². The molecule has 2 aromatic carbocycles. The number of ether oxygens (including phenoxy) is 1. The number of halogens is 4. The minimum absolute atomic E-state index is 0.0622. The van der Waals surface area contributed by atoms with Crippen LogP contribution in [0.3, 0.4) is 0 Å². The maximum atomic E-state index is 15.7. The Labute approximate surface area is 218 Å². The fraction of sp³-hybridized carbons (Fsp3) is 0.429. The number of carboxylic acid groups (broad SMARTS) is 1. The van der Waals surface area contributed by atoms with E-state index in [1.54, 1.807) is 38.4 Å². The summed E-state index contributed by atoms with van der Waals surface area (Å²) in [6, 6.07) is 7.07. The Morgan fingerprint density at radius 3 is 2.50 bits per heavy atom. The summed E-state index contributed by atoms with van der Waals surface area (Å²) in [6.45, 7) is 3.63. The molecule has 204 valence electrons. The molecule has 4 rings (SSSR count). The SMILES string of the molecule is COc1ccc2ncc(C)c([C@H](F)CCC3(C(=O)O)CCN(CCNc4cc(F)c(F)c(F)c4)CC3)c2c1. The first-order valence-corrected chi connectivity index (χ1v) is 12.5. The number of hydrogen-bond acceptors (Lipinski definition) is 5. The average Bonchev–Trinajstić information content (AvgIpc) is 2.90. The molecule has 2 N–H and O–H groups in total. The number of rotatable bonds is 10. The first-order valence-electron chi connectivity index (χ1n) is 12.5. The van der Waals surface area contributed by atoms with Gasteiger partial charge in [0.15, 0.2) is 17.5 Å². The summed E-state index contributed by atoms with van der Waals surface area (Å²) in [7, 11) is 1.54. The molecule has 0 amide bonds. The molecule has 3 aromatic rings. The Morgan fingerprint density at radius 2 is 1.87 bits per heavy atom. The van der Waals surface area contributed by atoms with E-state index < -0.39 is 35.0 Å². The molecule has 1 aliphatic heterocycles. The van der Waals surface area contributed by atoms with Gasteiger partial charge in [-0.3, -0.25) is 9.78 Å². The number of alkyl halides is 1. The molecule has 0 unspecified atom stereocenters. The van der Waals surface area contributed by atoms with Gasteiger partial charge in [0.05, 0.1) is 18.0 Å². The van der Waals surface area contributed by atoms with Gasteiger partial charge >= 0.3 is 5.97 Å². The van der Waals surface area contributed by atoms with Gasteiger partial charge in [-0.1, -0.05) is 0 Å². The van der Waals surface area contributed by atoms with Gasteiger partial charge in [0, 0.05) is 42.5 Å². The van der Waals surface area contributed by atoms with Crippen LogP contribution < -0.4 is 10.1 Å². The molecule has 0 saturated carbocycles. The molecule has 1 aliphatic rings. The van der Waals surface area contributed by atoms with Crippen molar-refractivity contribution < 1.29 is 32.2 Å². The Morgan fingerprint density at radius 1 is 1.18 bits per heavy atom. The summed E-state index contributed by atoms with van der Waals surface area (Å²) in [4.78, 5) is 18.7. The Balaban J connectivity index is 1.36. The minimum atomic E-state index is -1.51. The second kappa shape index (κ2) is 11.6. The summed E-state index contributed by atoms with van der Waals surface area (Å²) < 4.78 is 60.9. The topological polar surface area (TPSA) is 74.7 Å². The number of carboxylic acids is 1. The van der Waals surface area contributed by atoms with Crippen molar-refractivity contribution in [1.82, 2.24) is 9.88 Å². The van der Waals surface area contributed by atoms with Gasteiger partial charge in [0.25, 0.3) is 0 Å². The number of piperidine rings is 1. The molecule has 6 nitrogen and oxygen atoms in total. The standard InChI is InChI=1S/C28H31F4N3O3/c1-17-16-34-24-4-3-19(38-2)15-20(24)25(17)21(29)5-6-28(27(36)37)7-10-35(11-8-28)12-9-33-18-13-22(30)26(32)23(31)14-18/h3-4,13-16,21,33H,5-12H2,1-2H3,(H,36,37)/t21-/m1/s1. The van der Waals surface area contributed by atoms with Gasteiger partial charge < -0.3 is 20.1 Å². The zero-order valence-electron chi connectivity index (χ0n) is 21.4. The van der Waals surface area contributed by atoms with E-state index >= 15 is 4.39 Å². The zero-order chi connectivity index (χ0) is 27.4. The number of aryl methyl sites for hydroxylation is 1. The highest BCUT2D eigenvalue weighted by atomic mass is 19.2. The molecule has 1 atom stereocenters. The fourth-order valence-corrected chi connectivity index (χ4v) is 5.17. The first kappa shape index (κ1) is 27.6.